The number of nitrogens with one attached hydrogen (secondary N) is 1. The molecule has 0 saturated carbocycles. The van der Waals surface area contributed by atoms with E-state index in [1.54, 1.807) is 49.5 Å². The highest BCUT2D eigenvalue weighted by Crippen LogP contribution is 2.17. The number of amides is 1. The zero-order chi connectivity index (χ0) is 20.0. The molecule has 0 aromatic heterocycles. The first kappa shape index (κ1) is 21.2. The van der Waals surface area contributed by atoms with Crippen molar-refractivity contribution in [2.24, 2.45) is 0 Å². The third-order valence-electron chi connectivity index (χ3n) is 4.09. The molecule has 0 aliphatic heterocycles. The molecule has 0 aliphatic carbocycles. The second-order valence-corrected chi connectivity index (χ2v) is 8.80. The van der Waals surface area contributed by atoms with E-state index in [9.17, 15) is 13.2 Å². The van der Waals surface area contributed by atoms with Crippen LogP contribution in [0.1, 0.15) is 25.0 Å². The predicted octanol–water partition coefficient (Wildman–Crippen LogP) is 3.70. The van der Waals surface area contributed by atoms with Gasteiger partial charge in [0.2, 0.25) is 15.9 Å². The van der Waals surface area contributed by atoms with Crippen LogP contribution in [0.25, 0.3) is 6.08 Å². The summed E-state index contributed by atoms with van der Waals surface area (Å²) >= 11 is 5.82. The third kappa shape index (κ3) is 5.92. The lowest BCUT2D eigenvalue weighted by molar-refractivity contribution is -0.116. The summed E-state index contributed by atoms with van der Waals surface area (Å²) in [6.45, 7) is 3.95. The second-order valence-electron chi connectivity index (χ2n) is 6.36. The SMILES string of the molecule is CC(C)N(C)S(=O)(=O)c1ccc(CNC(=O)/C=C/c2ccc(Cl)cc2)cc1. The quantitative estimate of drug-likeness (QED) is 0.713. The second kappa shape index (κ2) is 9.17. The van der Waals surface area contributed by atoms with Crippen molar-refractivity contribution in [1.82, 2.24) is 9.62 Å². The fourth-order valence-electron chi connectivity index (χ4n) is 2.22. The molecule has 0 heterocycles. The maximum atomic E-state index is 12.4. The maximum Gasteiger partial charge on any atom is 0.244 e. The summed E-state index contributed by atoms with van der Waals surface area (Å²) in [7, 11) is -1.95. The van der Waals surface area contributed by atoms with Crippen molar-refractivity contribution in [3.8, 4) is 0 Å². The van der Waals surface area contributed by atoms with E-state index in [-0.39, 0.29) is 16.8 Å². The summed E-state index contributed by atoms with van der Waals surface area (Å²) in [6, 6.07) is 13.5. The van der Waals surface area contributed by atoms with Gasteiger partial charge in [0.1, 0.15) is 0 Å². The molecule has 0 saturated heterocycles. The molecule has 0 spiro atoms. The highest BCUT2D eigenvalue weighted by Gasteiger charge is 2.22. The van der Waals surface area contributed by atoms with E-state index < -0.39 is 10.0 Å². The van der Waals surface area contributed by atoms with E-state index in [0.29, 0.717) is 11.6 Å². The lowest BCUT2D eigenvalue weighted by Crippen LogP contribution is -2.33. The first-order valence-corrected chi connectivity index (χ1v) is 10.3. The van der Waals surface area contributed by atoms with E-state index in [4.69, 9.17) is 11.6 Å². The number of halogens is 1. The molecule has 0 aliphatic rings. The fraction of sp³-hybridized carbons (Fsp3) is 0.250. The Morgan fingerprint density at radius 2 is 1.70 bits per heavy atom. The van der Waals surface area contributed by atoms with Crippen molar-refractivity contribution >= 4 is 33.6 Å². The van der Waals surface area contributed by atoms with Crippen molar-refractivity contribution in [2.45, 2.75) is 31.3 Å². The molecule has 7 heteroatoms. The van der Waals surface area contributed by atoms with Gasteiger partial charge < -0.3 is 5.32 Å². The Morgan fingerprint density at radius 3 is 2.26 bits per heavy atom. The molecular formula is C20H23ClN2O3S. The first-order chi connectivity index (χ1) is 12.7. The zero-order valence-electron chi connectivity index (χ0n) is 15.5. The number of carbonyl (C=O) groups excluding carboxylic acids is 1. The van der Waals surface area contributed by atoms with Crippen LogP contribution in [0.3, 0.4) is 0 Å². The van der Waals surface area contributed by atoms with Crippen molar-refractivity contribution in [2.75, 3.05) is 7.05 Å². The van der Waals surface area contributed by atoms with Gasteiger partial charge >= 0.3 is 0 Å². The number of carbonyl (C=O) groups is 1. The molecule has 5 nitrogen and oxygen atoms in total. The molecule has 144 valence electrons. The van der Waals surface area contributed by atoms with Crippen molar-refractivity contribution in [1.29, 1.82) is 0 Å². The van der Waals surface area contributed by atoms with Gasteiger partial charge in [-0.3, -0.25) is 4.79 Å². The standard InChI is InChI=1S/C20H23ClN2O3S/c1-15(2)23(3)27(25,26)19-11-6-17(7-12-19)14-22-20(24)13-8-16-4-9-18(21)10-5-16/h4-13,15H,14H2,1-3H3,(H,22,24)/b13-8+. The van der Waals surface area contributed by atoms with E-state index in [2.05, 4.69) is 5.32 Å². The topological polar surface area (TPSA) is 66.5 Å². The minimum absolute atomic E-state index is 0.124. The van der Waals surface area contributed by atoms with Gasteiger partial charge in [-0.25, -0.2) is 8.42 Å². The van der Waals surface area contributed by atoms with Crippen LogP contribution in [0.5, 0.6) is 0 Å². The van der Waals surface area contributed by atoms with Crippen LogP contribution in [0, 0.1) is 0 Å². The summed E-state index contributed by atoms with van der Waals surface area (Å²) in [5.74, 6) is -0.235. The molecule has 2 rings (SSSR count). The normalized spacial score (nSPS) is 12.1. The fourth-order valence-corrected chi connectivity index (χ4v) is 3.71. The smallest absolute Gasteiger partial charge is 0.244 e. The van der Waals surface area contributed by atoms with E-state index in [1.165, 1.54) is 10.4 Å². The summed E-state index contributed by atoms with van der Waals surface area (Å²) in [5, 5.41) is 3.41. The average molecular weight is 407 g/mol. The average Bonchev–Trinajstić information content (AvgIpc) is 2.65. The number of sulfonamides is 1. The molecule has 2 aromatic rings. The van der Waals surface area contributed by atoms with Gasteiger partial charge in [0, 0.05) is 30.7 Å². The summed E-state index contributed by atoms with van der Waals surface area (Å²) in [5.41, 5.74) is 1.69. The Hall–Kier alpha value is -2.15. The number of benzene rings is 2. The summed E-state index contributed by atoms with van der Waals surface area (Å²) in [6.07, 6.45) is 3.14. The Labute approximate surface area is 165 Å². The highest BCUT2D eigenvalue weighted by molar-refractivity contribution is 7.89. The highest BCUT2D eigenvalue weighted by atomic mass is 35.5. The van der Waals surface area contributed by atoms with Gasteiger partial charge in [-0.1, -0.05) is 35.9 Å². The Kier molecular flexibility index (Phi) is 7.18. The summed E-state index contributed by atoms with van der Waals surface area (Å²) in [4.78, 5) is 12.2. The van der Waals surface area contributed by atoms with Gasteiger partial charge in [-0.2, -0.15) is 4.31 Å². The van der Waals surface area contributed by atoms with Crippen LogP contribution in [0.4, 0.5) is 0 Å². The lowest BCUT2D eigenvalue weighted by Gasteiger charge is -2.21. The van der Waals surface area contributed by atoms with Gasteiger partial charge in [0.15, 0.2) is 0 Å². The van der Waals surface area contributed by atoms with Gasteiger partial charge in [-0.15, -0.1) is 0 Å². The molecule has 27 heavy (non-hydrogen) atoms. The van der Waals surface area contributed by atoms with Crippen molar-refractivity contribution in [3.05, 3.63) is 70.8 Å². The molecule has 0 bridgehead atoms. The van der Waals surface area contributed by atoms with Gasteiger partial charge in [-0.05, 0) is 55.3 Å². The van der Waals surface area contributed by atoms with Crippen LogP contribution < -0.4 is 5.32 Å². The predicted molar refractivity (Wildman–Crippen MR) is 109 cm³/mol. The Morgan fingerprint density at radius 1 is 1.11 bits per heavy atom. The van der Waals surface area contributed by atoms with E-state index >= 15 is 0 Å². The van der Waals surface area contributed by atoms with Crippen LogP contribution in [0.2, 0.25) is 5.02 Å². The molecule has 1 N–H and O–H groups in total. The van der Waals surface area contributed by atoms with Crippen LogP contribution in [-0.2, 0) is 21.4 Å². The van der Waals surface area contributed by atoms with Crippen LogP contribution in [0.15, 0.2) is 59.5 Å². The van der Waals surface area contributed by atoms with Crippen molar-refractivity contribution < 1.29 is 13.2 Å². The first-order valence-electron chi connectivity index (χ1n) is 8.48. The lowest BCUT2D eigenvalue weighted by atomic mass is 10.2. The van der Waals surface area contributed by atoms with E-state index in [1.807, 2.05) is 26.0 Å². The molecule has 0 fully saturated rings. The maximum absolute atomic E-state index is 12.4. The number of rotatable bonds is 7. The number of nitrogens with zero attached hydrogens (tertiary/aromatic N) is 1. The minimum atomic E-state index is -3.50. The Balaban J connectivity index is 1.95. The molecule has 0 radical (unpaired) electrons. The molecule has 2 aromatic carbocycles. The largest absolute Gasteiger partial charge is 0.348 e. The molecule has 0 unspecified atom stereocenters. The monoisotopic (exact) mass is 406 g/mol. The molecular weight excluding hydrogens is 384 g/mol. The third-order valence-corrected chi connectivity index (χ3v) is 6.39. The minimum Gasteiger partial charge on any atom is -0.348 e. The number of hydrogen-bond donors (Lipinski definition) is 1. The number of hydrogen-bond acceptors (Lipinski definition) is 3. The van der Waals surface area contributed by atoms with Gasteiger partial charge in [0.25, 0.3) is 0 Å². The van der Waals surface area contributed by atoms with Crippen LogP contribution in [-0.4, -0.2) is 31.7 Å². The van der Waals surface area contributed by atoms with Crippen molar-refractivity contribution in [3.63, 3.8) is 0 Å². The van der Waals surface area contributed by atoms with Gasteiger partial charge in [0.05, 0.1) is 4.90 Å². The zero-order valence-corrected chi connectivity index (χ0v) is 17.1. The molecule has 1 amide bonds. The van der Waals surface area contributed by atoms with Crippen LogP contribution >= 0.6 is 11.6 Å². The molecule has 0 atom stereocenters. The van der Waals surface area contributed by atoms with E-state index in [0.717, 1.165) is 11.1 Å². The Bertz CT molecular complexity index is 905. The summed E-state index contributed by atoms with van der Waals surface area (Å²) < 4.78 is 26.2.